The molecule has 98 valence electrons. The molecule has 1 atom stereocenters. The number of carbonyl (C=O) groups excluding carboxylic acids is 1. The molecular formula is C13H16BrClN2O. The molecule has 1 unspecified atom stereocenters. The zero-order valence-electron chi connectivity index (χ0n) is 10.4. The zero-order chi connectivity index (χ0) is 13.3. The number of nitrogens with zero attached hydrogens (tertiary/aromatic N) is 1. The normalized spacial score (nSPS) is 19.9. The van der Waals surface area contributed by atoms with E-state index in [1.807, 2.05) is 32.0 Å². The highest BCUT2D eigenvalue weighted by atomic mass is 79.9. The van der Waals surface area contributed by atoms with Crippen molar-refractivity contribution >= 4 is 39.1 Å². The quantitative estimate of drug-likeness (QED) is 0.922. The molecule has 1 amide bonds. The lowest BCUT2D eigenvalue weighted by atomic mass is 10.2. The summed E-state index contributed by atoms with van der Waals surface area (Å²) < 4.78 is 0.844. The van der Waals surface area contributed by atoms with E-state index in [1.165, 1.54) is 0 Å². The average Bonchev–Trinajstić information content (AvgIpc) is 2.64. The van der Waals surface area contributed by atoms with Crippen molar-refractivity contribution in [2.45, 2.75) is 32.4 Å². The van der Waals surface area contributed by atoms with Crippen LogP contribution in [0.25, 0.3) is 0 Å². The molecule has 1 fully saturated rings. The summed E-state index contributed by atoms with van der Waals surface area (Å²) in [5, 5.41) is 3.91. The number of amides is 1. The Kier molecular flexibility index (Phi) is 4.30. The van der Waals surface area contributed by atoms with E-state index in [-0.39, 0.29) is 11.9 Å². The molecule has 1 aromatic carbocycles. The summed E-state index contributed by atoms with van der Waals surface area (Å²) in [4.78, 5) is 14.0. The zero-order valence-corrected chi connectivity index (χ0v) is 12.8. The molecular weight excluding hydrogens is 316 g/mol. The lowest BCUT2D eigenvalue weighted by Gasteiger charge is -2.19. The van der Waals surface area contributed by atoms with Crippen LogP contribution in [0.4, 0.5) is 5.69 Å². The summed E-state index contributed by atoms with van der Waals surface area (Å²) in [5.74, 6) is 0.127. The fraction of sp³-hybridized carbons (Fsp3) is 0.462. The van der Waals surface area contributed by atoms with Crippen LogP contribution in [0.5, 0.6) is 0 Å². The summed E-state index contributed by atoms with van der Waals surface area (Å²) in [7, 11) is 0. The number of hydrogen-bond donors (Lipinski definition) is 1. The summed E-state index contributed by atoms with van der Waals surface area (Å²) in [5.41, 5.74) is 0.862. The smallest absolute Gasteiger partial charge is 0.244 e. The summed E-state index contributed by atoms with van der Waals surface area (Å²) in [6.45, 7) is 4.83. The fourth-order valence-corrected chi connectivity index (χ4v) is 2.57. The minimum absolute atomic E-state index is 0.0765. The minimum atomic E-state index is -0.0765. The van der Waals surface area contributed by atoms with Gasteiger partial charge in [0.2, 0.25) is 5.91 Å². The lowest BCUT2D eigenvalue weighted by molar-refractivity contribution is -0.118. The molecule has 0 bridgehead atoms. The van der Waals surface area contributed by atoms with Gasteiger partial charge in [0.25, 0.3) is 0 Å². The van der Waals surface area contributed by atoms with Crippen LogP contribution < -0.4 is 10.2 Å². The summed E-state index contributed by atoms with van der Waals surface area (Å²) in [6.07, 6.45) is 0.838. The first-order chi connectivity index (χ1) is 8.49. The van der Waals surface area contributed by atoms with Gasteiger partial charge in [0.15, 0.2) is 0 Å². The van der Waals surface area contributed by atoms with E-state index in [2.05, 4.69) is 21.2 Å². The molecule has 1 aromatic rings. The predicted molar refractivity (Wildman–Crippen MR) is 78.2 cm³/mol. The molecule has 1 aliphatic heterocycles. The summed E-state index contributed by atoms with van der Waals surface area (Å²) >= 11 is 9.41. The molecule has 0 aromatic heterocycles. The number of benzene rings is 1. The van der Waals surface area contributed by atoms with Gasteiger partial charge in [-0.3, -0.25) is 4.79 Å². The average molecular weight is 332 g/mol. The maximum atomic E-state index is 12.2. The fourth-order valence-electron chi connectivity index (χ4n) is 2.15. The van der Waals surface area contributed by atoms with Gasteiger partial charge in [-0.05, 0) is 40.5 Å². The number of nitrogens with one attached hydrogen (secondary N) is 1. The molecule has 0 saturated carbocycles. The monoisotopic (exact) mass is 330 g/mol. The standard InChI is InChI=1S/C13H16BrClN2O/c1-8(2)16-12-5-6-17(13(12)18)9-3-4-10(14)11(15)7-9/h3-4,7-8,12,16H,5-6H2,1-2H3. The van der Waals surface area contributed by atoms with Crippen LogP contribution in [0.1, 0.15) is 20.3 Å². The van der Waals surface area contributed by atoms with E-state index in [4.69, 9.17) is 11.6 Å². The van der Waals surface area contributed by atoms with Gasteiger partial charge in [0.1, 0.15) is 0 Å². The van der Waals surface area contributed by atoms with Crippen LogP contribution in [0.2, 0.25) is 5.02 Å². The van der Waals surface area contributed by atoms with Gasteiger partial charge in [-0.25, -0.2) is 0 Å². The van der Waals surface area contributed by atoms with Crippen molar-refractivity contribution in [1.82, 2.24) is 5.32 Å². The molecule has 0 spiro atoms. The minimum Gasteiger partial charge on any atom is -0.311 e. The maximum Gasteiger partial charge on any atom is 0.244 e. The first-order valence-corrected chi connectivity index (χ1v) is 7.18. The van der Waals surface area contributed by atoms with Crippen LogP contribution in [0.3, 0.4) is 0 Å². The Morgan fingerprint density at radius 2 is 2.22 bits per heavy atom. The van der Waals surface area contributed by atoms with E-state index < -0.39 is 0 Å². The van der Waals surface area contributed by atoms with Gasteiger partial charge in [-0.1, -0.05) is 25.4 Å². The van der Waals surface area contributed by atoms with Gasteiger partial charge in [0, 0.05) is 22.7 Å². The largest absolute Gasteiger partial charge is 0.311 e. The molecule has 0 radical (unpaired) electrons. The van der Waals surface area contributed by atoms with Crippen LogP contribution in [-0.4, -0.2) is 24.5 Å². The van der Waals surface area contributed by atoms with Crippen molar-refractivity contribution in [1.29, 1.82) is 0 Å². The van der Waals surface area contributed by atoms with E-state index >= 15 is 0 Å². The Bertz CT molecular complexity index is 464. The highest BCUT2D eigenvalue weighted by molar-refractivity contribution is 9.10. The Hall–Kier alpha value is -0.580. The Balaban J connectivity index is 2.15. The van der Waals surface area contributed by atoms with Crippen LogP contribution >= 0.6 is 27.5 Å². The molecule has 5 heteroatoms. The number of halogens is 2. The maximum absolute atomic E-state index is 12.2. The molecule has 1 aliphatic rings. The first kappa shape index (κ1) is 13.8. The van der Waals surface area contributed by atoms with Crippen molar-refractivity contribution in [3.05, 3.63) is 27.7 Å². The van der Waals surface area contributed by atoms with Gasteiger partial charge >= 0.3 is 0 Å². The Morgan fingerprint density at radius 1 is 1.50 bits per heavy atom. The van der Waals surface area contributed by atoms with Crippen molar-refractivity contribution in [2.75, 3.05) is 11.4 Å². The Morgan fingerprint density at radius 3 is 2.83 bits per heavy atom. The van der Waals surface area contributed by atoms with Crippen molar-refractivity contribution < 1.29 is 4.79 Å². The second kappa shape index (κ2) is 5.59. The molecule has 1 saturated heterocycles. The summed E-state index contributed by atoms with van der Waals surface area (Å²) in [6, 6.07) is 5.83. The molecule has 1 heterocycles. The van der Waals surface area contributed by atoms with E-state index in [0.29, 0.717) is 11.1 Å². The highest BCUT2D eigenvalue weighted by Gasteiger charge is 2.32. The molecule has 18 heavy (non-hydrogen) atoms. The third kappa shape index (κ3) is 2.87. The van der Waals surface area contributed by atoms with Crippen molar-refractivity contribution in [3.63, 3.8) is 0 Å². The number of rotatable bonds is 3. The SMILES string of the molecule is CC(C)NC1CCN(c2ccc(Br)c(Cl)c2)C1=O. The van der Waals surface area contributed by atoms with Gasteiger partial charge in [-0.15, -0.1) is 0 Å². The van der Waals surface area contributed by atoms with Crippen molar-refractivity contribution in [3.8, 4) is 0 Å². The third-order valence-electron chi connectivity index (χ3n) is 2.95. The molecule has 0 aliphatic carbocycles. The third-order valence-corrected chi connectivity index (χ3v) is 4.19. The number of carbonyl (C=O) groups is 1. The van der Waals surface area contributed by atoms with E-state index in [1.54, 1.807) is 4.90 Å². The Labute approximate surface area is 121 Å². The first-order valence-electron chi connectivity index (χ1n) is 6.01. The number of hydrogen-bond acceptors (Lipinski definition) is 2. The highest BCUT2D eigenvalue weighted by Crippen LogP contribution is 2.29. The van der Waals surface area contributed by atoms with Crippen LogP contribution in [-0.2, 0) is 4.79 Å². The van der Waals surface area contributed by atoms with E-state index in [0.717, 1.165) is 23.1 Å². The van der Waals surface area contributed by atoms with Crippen molar-refractivity contribution in [2.24, 2.45) is 0 Å². The topological polar surface area (TPSA) is 32.3 Å². The van der Waals surface area contributed by atoms with Crippen LogP contribution in [0.15, 0.2) is 22.7 Å². The second-order valence-electron chi connectivity index (χ2n) is 4.75. The van der Waals surface area contributed by atoms with Crippen LogP contribution in [0, 0.1) is 0 Å². The van der Waals surface area contributed by atoms with E-state index in [9.17, 15) is 4.79 Å². The second-order valence-corrected chi connectivity index (χ2v) is 6.01. The van der Waals surface area contributed by atoms with Gasteiger partial charge in [0.05, 0.1) is 11.1 Å². The van der Waals surface area contributed by atoms with Gasteiger partial charge < -0.3 is 10.2 Å². The number of anilines is 1. The van der Waals surface area contributed by atoms with Gasteiger partial charge in [-0.2, -0.15) is 0 Å². The molecule has 3 nitrogen and oxygen atoms in total. The molecule has 2 rings (SSSR count). The predicted octanol–water partition coefficient (Wildman–Crippen LogP) is 3.21. The molecule has 1 N–H and O–H groups in total. The lowest BCUT2D eigenvalue weighted by Crippen LogP contribution is -2.41.